The molecule has 1 aromatic heterocycles. The summed E-state index contributed by atoms with van der Waals surface area (Å²) in [5, 5.41) is 4.49. The molecule has 3 heteroatoms. The van der Waals surface area contributed by atoms with Crippen molar-refractivity contribution in [3.05, 3.63) is 72.1 Å². The molecule has 0 unspecified atom stereocenters. The number of rotatable bonds is 2. The molecule has 2 aromatic carbocycles. The van der Waals surface area contributed by atoms with E-state index in [1.54, 1.807) is 0 Å². The fraction of sp³-hybridized carbons (Fsp3) is 0.118. The van der Waals surface area contributed by atoms with Crippen molar-refractivity contribution >= 4 is 0 Å². The second-order valence-electron chi connectivity index (χ2n) is 4.67. The summed E-state index contributed by atoms with van der Waals surface area (Å²) in [6.07, 6.45) is 1.92. The molecule has 0 saturated heterocycles. The van der Waals surface area contributed by atoms with Gasteiger partial charge in [0, 0.05) is 32.3 Å². The van der Waals surface area contributed by atoms with Crippen molar-refractivity contribution in [2.45, 2.75) is 13.8 Å². The normalized spacial score (nSPS) is 10.1. The predicted octanol–water partition coefficient (Wildman–Crippen LogP) is 3.95. The van der Waals surface area contributed by atoms with Crippen LogP contribution in [0.15, 0.2) is 54.7 Å². The van der Waals surface area contributed by atoms with Crippen LogP contribution in [0, 0.1) is 19.9 Å². The van der Waals surface area contributed by atoms with E-state index in [0.717, 1.165) is 16.9 Å². The summed E-state index contributed by atoms with van der Waals surface area (Å²) in [6, 6.07) is 19.6. The summed E-state index contributed by atoms with van der Waals surface area (Å²) in [6.45, 7) is 4.17. The molecule has 0 aliphatic carbocycles. The van der Waals surface area contributed by atoms with Crippen LogP contribution in [-0.4, -0.2) is 9.78 Å². The Labute approximate surface area is 133 Å². The second kappa shape index (κ2) is 6.19. The van der Waals surface area contributed by atoms with Crippen LogP contribution in [0.5, 0.6) is 0 Å². The van der Waals surface area contributed by atoms with Gasteiger partial charge in [-0.1, -0.05) is 37.3 Å². The van der Waals surface area contributed by atoms with E-state index in [2.05, 4.69) is 43.2 Å². The minimum atomic E-state index is 0. The zero-order valence-electron chi connectivity index (χ0n) is 11.4. The quantitative estimate of drug-likeness (QED) is 0.550. The average Bonchev–Trinajstić information content (AvgIpc) is 2.81. The number of nitrogens with zero attached hydrogens (tertiary/aromatic N) is 2. The van der Waals surface area contributed by atoms with Gasteiger partial charge in [-0.2, -0.15) is 28.9 Å². The minimum Gasteiger partial charge on any atom is -0.262 e. The first-order chi connectivity index (χ1) is 9.25. The van der Waals surface area contributed by atoms with Crippen molar-refractivity contribution in [3.63, 3.8) is 0 Å². The predicted molar refractivity (Wildman–Crippen MR) is 77.3 cm³/mol. The zero-order chi connectivity index (χ0) is 13.2. The van der Waals surface area contributed by atoms with Crippen molar-refractivity contribution < 1.29 is 21.1 Å². The van der Waals surface area contributed by atoms with E-state index in [9.17, 15) is 0 Å². The third-order valence-corrected chi connectivity index (χ3v) is 3.26. The summed E-state index contributed by atoms with van der Waals surface area (Å²) < 4.78 is 1.94. The Bertz CT molecular complexity index is 702. The van der Waals surface area contributed by atoms with Crippen LogP contribution in [0.3, 0.4) is 0 Å². The van der Waals surface area contributed by atoms with Crippen LogP contribution < -0.4 is 0 Å². The van der Waals surface area contributed by atoms with E-state index >= 15 is 0 Å². The molecule has 3 aromatic rings. The first kappa shape index (κ1) is 14.7. The van der Waals surface area contributed by atoms with Gasteiger partial charge in [0.1, 0.15) is 0 Å². The van der Waals surface area contributed by atoms with Crippen molar-refractivity contribution in [2.75, 3.05) is 0 Å². The Kier molecular flexibility index (Phi) is 4.56. The fourth-order valence-electron chi connectivity index (χ4n) is 2.24. The van der Waals surface area contributed by atoms with E-state index in [-0.39, 0.29) is 21.1 Å². The van der Waals surface area contributed by atoms with Crippen LogP contribution in [-0.2, 0) is 21.1 Å². The Morgan fingerprint density at radius 3 is 2.50 bits per heavy atom. The molecule has 0 saturated carbocycles. The van der Waals surface area contributed by atoms with Gasteiger partial charge in [0.25, 0.3) is 0 Å². The van der Waals surface area contributed by atoms with Crippen LogP contribution in [0.1, 0.15) is 11.3 Å². The molecule has 0 atom stereocenters. The van der Waals surface area contributed by atoms with Crippen LogP contribution in [0.4, 0.5) is 0 Å². The third kappa shape index (κ3) is 2.76. The van der Waals surface area contributed by atoms with E-state index in [1.807, 2.05) is 41.2 Å². The van der Waals surface area contributed by atoms with E-state index in [0.29, 0.717) is 0 Å². The maximum absolute atomic E-state index is 4.49. The third-order valence-electron chi connectivity index (χ3n) is 3.26. The number of aromatic nitrogens is 2. The van der Waals surface area contributed by atoms with Gasteiger partial charge in [-0.05, 0) is 18.2 Å². The molecule has 0 aliphatic rings. The summed E-state index contributed by atoms with van der Waals surface area (Å²) in [4.78, 5) is 0. The maximum Gasteiger partial charge on any atom is 0.0574 e. The summed E-state index contributed by atoms with van der Waals surface area (Å²) in [7, 11) is 0. The SMILES string of the molecule is Cc1cc[c-]c(-n2ncc(-c3ccccc3)c2C)c1.[Pt]. The molecular formula is C17H15N2Pt-. The molecule has 1 heterocycles. The molecule has 0 radical (unpaired) electrons. The van der Waals surface area contributed by atoms with Crippen LogP contribution >= 0.6 is 0 Å². The van der Waals surface area contributed by atoms with E-state index in [4.69, 9.17) is 0 Å². The number of hydrogen-bond acceptors (Lipinski definition) is 1. The Morgan fingerprint density at radius 2 is 1.80 bits per heavy atom. The van der Waals surface area contributed by atoms with Gasteiger partial charge in [0.2, 0.25) is 0 Å². The van der Waals surface area contributed by atoms with Crippen molar-refractivity contribution in [2.24, 2.45) is 0 Å². The van der Waals surface area contributed by atoms with E-state index < -0.39 is 0 Å². The second-order valence-corrected chi connectivity index (χ2v) is 4.67. The molecule has 104 valence electrons. The van der Waals surface area contributed by atoms with Gasteiger partial charge >= 0.3 is 0 Å². The van der Waals surface area contributed by atoms with Crippen LogP contribution in [0.25, 0.3) is 16.8 Å². The maximum atomic E-state index is 4.49. The first-order valence-corrected chi connectivity index (χ1v) is 6.34. The van der Waals surface area contributed by atoms with Gasteiger partial charge in [0.15, 0.2) is 0 Å². The largest absolute Gasteiger partial charge is 0.262 e. The van der Waals surface area contributed by atoms with Crippen molar-refractivity contribution in [3.8, 4) is 16.8 Å². The zero-order valence-corrected chi connectivity index (χ0v) is 13.7. The molecule has 0 spiro atoms. The van der Waals surface area contributed by atoms with Gasteiger partial charge in [-0.3, -0.25) is 4.68 Å². The molecule has 20 heavy (non-hydrogen) atoms. The van der Waals surface area contributed by atoms with Gasteiger partial charge in [-0.15, -0.1) is 6.07 Å². The Balaban J connectivity index is 0.00000147. The topological polar surface area (TPSA) is 17.8 Å². The standard InChI is InChI=1S/C17H15N2.Pt/c1-13-7-6-10-16(11-13)19-14(2)17(12-18-19)15-8-4-3-5-9-15;/h3-9,11-12H,1-2H3;/q-1;. The van der Waals surface area contributed by atoms with Crippen molar-refractivity contribution in [1.29, 1.82) is 0 Å². The fourth-order valence-corrected chi connectivity index (χ4v) is 2.24. The molecule has 2 nitrogen and oxygen atoms in total. The molecule has 0 N–H and O–H groups in total. The smallest absolute Gasteiger partial charge is 0.0574 e. The Hall–Kier alpha value is -1.66. The summed E-state index contributed by atoms with van der Waals surface area (Å²) in [5.41, 5.74) is 5.69. The van der Waals surface area contributed by atoms with Crippen LogP contribution in [0.2, 0.25) is 0 Å². The molecule has 3 rings (SSSR count). The molecule has 0 amide bonds. The number of aryl methyl sites for hydroxylation is 1. The number of benzene rings is 2. The van der Waals surface area contributed by atoms with Gasteiger partial charge < -0.3 is 0 Å². The monoisotopic (exact) mass is 442 g/mol. The van der Waals surface area contributed by atoms with E-state index in [1.165, 1.54) is 11.1 Å². The molecule has 0 bridgehead atoms. The summed E-state index contributed by atoms with van der Waals surface area (Å²) in [5.74, 6) is 0. The van der Waals surface area contributed by atoms with Gasteiger partial charge in [-0.25, -0.2) is 0 Å². The average molecular weight is 442 g/mol. The summed E-state index contributed by atoms with van der Waals surface area (Å²) >= 11 is 0. The van der Waals surface area contributed by atoms with Gasteiger partial charge in [0.05, 0.1) is 6.20 Å². The molecule has 0 aliphatic heterocycles. The number of hydrogen-bond donors (Lipinski definition) is 0. The Morgan fingerprint density at radius 1 is 1.05 bits per heavy atom. The molecular weight excluding hydrogens is 427 g/mol. The molecule has 0 fully saturated rings. The van der Waals surface area contributed by atoms with Crippen molar-refractivity contribution in [1.82, 2.24) is 9.78 Å². The minimum absolute atomic E-state index is 0. The first-order valence-electron chi connectivity index (χ1n) is 6.34.